The van der Waals surface area contributed by atoms with Crippen LogP contribution in [0.2, 0.25) is 10.0 Å². The van der Waals surface area contributed by atoms with Gasteiger partial charge in [-0.2, -0.15) is 0 Å². The number of piperazine rings is 1. The molecule has 3 rings (SSSR count). The van der Waals surface area contributed by atoms with Gasteiger partial charge >= 0.3 is 0 Å². The lowest BCUT2D eigenvalue weighted by Crippen LogP contribution is -2.44. The number of aromatic nitrogens is 1. The zero-order valence-electron chi connectivity index (χ0n) is 14.3. The van der Waals surface area contributed by atoms with Crippen molar-refractivity contribution in [3.05, 3.63) is 57.5 Å². The van der Waals surface area contributed by atoms with Gasteiger partial charge in [-0.25, -0.2) is 9.37 Å². The number of pyridine rings is 1. The summed E-state index contributed by atoms with van der Waals surface area (Å²) >= 11 is 11.6. The van der Waals surface area contributed by atoms with Gasteiger partial charge in [-0.1, -0.05) is 23.2 Å². The molecule has 1 aromatic carbocycles. The highest BCUT2D eigenvalue weighted by molar-refractivity contribution is 6.36. The van der Waals surface area contributed by atoms with E-state index in [2.05, 4.69) is 27.1 Å². The Morgan fingerprint density at radius 3 is 2.65 bits per heavy atom. The molecule has 1 N–H and O–H groups in total. The van der Waals surface area contributed by atoms with Crippen molar-refractivity contribution in [2.75, 3.05) is 38.1 Å². The van der Waals surface area contributed by atoms with E-state index in [0.717, 1.165) is 43.6 Å². The van der Waals surface area contributed by atoms with Gasteiger partial charge in [0.05, 0.1) is 15.6 Å². The minimum absolute atomic E-state index is 0.0573. The maximum absolute atomic E-state index is 13.6. The Kier molecular flexibility index (Phi) is 5.96. The number of benzene rings is 1. The molecule has 138 valence electrons. The van der Waals surface area contributed by atoms with Gasteiger partial charge in [0, 0.05) is 38.9 Å². The summed E-state index contributed by atoms with van der Waals surface area (Å²) in [5.74, 6) is -0.244. The third kappa shape index (κ3) is 4.44. The summed E-state index contributed by atoms with van der Waals surface area (Å²) in [6.07, 6.45) is 1.73. The number of nitrogens with one attached hydrogen (secondary N) is 1. The summed E-state index contributed by atoms with van der Waals surface area (Å²) in [6.45, 7) is 4.10. The van der Waals surface area contributed by atoms with Crippen LogP contribution in [0.15, 0.2) is 30.5 Å². The van der Waals surface area contributed by atoms with Crippen LogP contribution in [0.1, 0.15) is 15.9 Å². The first-order valence-corrected chi connectivity index (χ1v) is 9.01. The Morgan fingerprint density at radius 1 is 1.19 bits per heavy atom. The molecule has 2 heterocycles. The molecule has 1 aliphatic rings. The summed E-state index contributed by atoms with van der Waals surface area (Å²) in [6, 6.07) is 6.06. The molecule has 5 nitrogen and oxygen atoms in total. The summed E-state index contributed by atoms with van der Waals surface area (Å²) in [4.78, 5) is 21.2. The Hall–Kier alpha value is -1.89. The third-order valence-corrected chi connectivity index (χ3v) is 4.95. The van der Waals surface area contributed by atoms with Crippen LogP contribution in [-0.4, -0.2) is 49.0 Å². The molecule has 0 atom stereocenters. The maximum atomic E-state index is 13.6. The zero-order chi connectivity index (χ0) is 18.7. The fourth-order valence-electron chi connectivity index (χ4n) is 2.75. The van der Waals surface area contributed by atoms with E-state index in [0.29, 0.717) is 6.54 Å². The van der Waals surface area contributed by atoms with Crippen molar-refractivity contribution < 1.29 is 9.18 Å². The summed E-state index contributed by atoms with van der Waals surface area (Å²) < 4.78 is 13.6. The van der Waals surface area contributed by atoms with Crippen LogP contribution < -0.4 is 10.2 Å². The van der Waals surface area contributed by atoms with Crippen LogP contribution >= 0.6 is 23.2 Å². The predicted molar refractivity (Wildman–Crippen MR) is 102 cm³/mol. The standard InChI is InChI=1S/C18H19Cl2FN4O/c1-24-4-6-25(7-5-24)17-8-12(2-3-22-17)11-23-18(26)13-9-16(21)15(20)10-14(13)19/h2-3,8-10H,4-7,11H2,1H3,(H,23,26). The van der Waals surface area contributed by atoms with Crippen molar-refractivity contribution in [2.24, 2.45) is 0 Å². The topological polar surface area (TPSA) is 48.5 Å². The van der Waals surface area contributed by atoms with Gasteiger partial charge in [0.1, 0.15) is 11.6 Å². The van der Waals surface area contributed by atoms with E-state index >= 15 is 0 Å². The van der Waals surface area contributed by atoms with E-state index in [1.165, 1.54) is 6.07 Å². The minimum atomic E-state index is -0.678. The zero-order valence-corrected chi connectivity index (χ0v) is 15.8. The Morgan fingerprint density at radius 2 is 1.92 bits per heavy atom. The molecule has 1 aliphatic heterocycles. The summed E-state index contributed by atoms with van der Waals surface area (Å²) in [5, 5.41) is 2.75. The van der Waals surface area contributed by atoms with E-state index in [1.54, 1.807) is 6.20 Å². The van der Waals surface area contributed by atoms with E-state index in [9.17, 15) is 9.18 Å². The SMILES string of the molecule is CN1CCN(c2cc(CNC(=O)c3cc(F)c(Cl)cc3Cl)ccn2)CC1. The molecule has 0 saturated carbocycles. The number of carbonyl (C=O) groups is 1. The third-order valence-electron chi connectivity index (χ3n) is 4.34. The molecule has 26 heavy (non-hydrogen) atoms. The average Bonchev–Trinajstić information content (AvgIpc) is 2.63. The normalized spacial score (nSPS) is 15.2. The van der Waals surface area contributed by atoms with Crippen molar-refractivity contribution in [3.63, 3.8) is 0 Å². The van der Waals surface area contributed by atoms with Gasteiger partial charge in [0.15, 0.2) is 0 Å². The molecule has 8 heteroatoms. The quantitative estimate of drug-likeness (QED) is 0.806. The maximum Gasteiger partial charge on any atom is 0.253 e. The van der Waals surface area contributed by atoms with Crippen molar-refractivity contribution in [1.82, 2.24) is 15.2 Å². The second-order valence-electron chi connectivity index (χ2n) is 6.24. The number of hydrogen-bond acceptors (Lipinski definition) is 4. The van der Waals surface area contributed by atoms with Gasteiger partial charge in [0.25, 0.3) is 5.91 Å². The van der Waals surface area contributed by atoms with Crippen LogP contribution in [0.3, 0.4) is 0 Å². The van der Waals surface area contributed by atoms with Crippen LogP contribution in [-0.2, 0) is 6.54 Å². The molecular weight excluding hydrogens is 378 g/mol. The highest BCUT2D eigenvalue weighted by Gasteiger charge is 2.16. The van der Waals surface area contributed by atoms with Crippen LogP contribution in [0.25, 0.3) is 0 Å². The van der Waals surface area contributed by atoms with Crippen molar-refractivity contribution in [1.29, 1.82) is 0 Å². The Balaban J connectivity index is 1.65. The number of hydrogen-bond donors (Lipinski definition) is 1. The van der Waals surface area contributed by atoms with Crippen LogP contribution in [0, 0.1) is 5.82 Å². The predicted octanol–water partition coefficient (Wildman–Crippen LogP) is 3.21. The van der Waals surface area contributed by atoms with E-state index in [-0.39, 0.29) is 15.6 Å². The van der Waals surface area contributed by atoms with Gasteiger partial charge in [0.2, 0.25) is 0 Å². The first-order valence-electron chi connectivity index (χ1n) is 8.25. The number of halogens is 3. The number of carbonyl (C=O) groups excluding carboxylic acids is 1. The van der Waals surface area contributed by atoms with E-state index in [1.807, 2.05) is 12.1 Å². The van der Waals surface area contributed by atoms with Crippen molar-refractivity contribution >= 4 is 34.9 Å². The second-order valence-corrected chi connectivity index (χ2v) is 7.06. The number of amides is 1. The molecule has 0 spiro atoms. The second kappa shape index (κ2) is 8.20. The molecule has 1 amide bonds. The highest BCUT2D eigenvalue weighted by atomic mass is 35.5. The lowest BCUT2D eigenvalue weighted by molar-refractivity contribution is 0.0950. The molecule has 0 bridgehead atoms. The summed E-state index contributed by atoms with van der Waals surface area (Å²) in [5.41, 5.74) is 0.967. The molecule has 0 aliphatic carbocycles. The van der Waals surface area contributed by atoms with Crippen molar-refractivity contribution in [2.45, 2.75) is 6.54 Å². The minimum Gasteiger partial charge on any atom is -0.354 e. The van der Waals surface area contributed by atoms with Gasteiger partial charge in [-0.3, -0.25) is 4.79 Å². The average molecular weight is 397 g/mol. The molecule has 2 aromatic rings. The smallest absolute Gasteiger partial charge is 0.253 e. The number of anilines is 1. The number of likely N-dealkylation sites (N-methyl/N-ethyl adjacent to an activating group) is 1. The van der Waals surface area contributed by atoms with Crippen LogP contribution in [0.4, 0.5) is 10.2 Å². The van der Waals surface area contributed by atoms with Gasteiger partial charge in [-0.05, 0) is 36.9 Å². The molecule has 1 fully saturated rings. The Bertz CT molecular complexity index is 810. The molecule has 1 saturated heterocycles. The molecule has 1 aromatic heterocycles. The lowest BCUT2D eigenvalue weighted by Gasteiger charge is -2.33. The lowest BCUT2D eigenvalue weighted by atomic mass is 10.2. The highest BCUT2D eigenvalue weighted by Crippen LogP contribution is 2.24. The first-order chi connectivity index (χ1) is 12.4. The number of rotatable bonds is 4. The summed E-state index contributed by atoms with van der Waals surface area (Å²) in [7, 11) is 2.10. The van der Waals surface area contributed by atoms with E-state index < -0.39 is 11.7 Å². The first kappa shape index (κ1) is 18.9. The monoisotopic (exact) mass is 396 g/mol. The van der Waals surface area contributed by atoms with Crippen molar-refractivity contribution in [3.8, 4) is 0 Å². The van der Waals surface area contributed by atoms with Gasteiger partial charge < -0.3 is 15.1 Å². The molecule has 0 unspecified atom stereocenters. The largest absolute Gasteiger partial charge is 0.354 e. The fourth-order valence-corrected chi connectivity index (χ4v) is 3.22. The molecule has 0 radical (unpaired) electrons. The van der Waals surface area contributed by atoms with E-state index in [4.69, 9.17) is 23.2 Å². The Labute approximate surface area is 161 Å². The number of nitrogens with zero attached hydrogens (tertiary/aromatic N) is 3. The fraction of sp³-hybridized carbons (Fsp3) is 0.333. The van der Waals surface area contributed by atoms with Crippen LogP contribution in [0.5, 0.6) is 0 Å². The molecular formula is C18H19Cl2FN4O. The van der Waals surface area contributed by atoms with Gasteiger partial charge in [-0.15, -0.1) is 0 Å².